The minimum Gasteiger partial charge on any atom is -0.179 e. The third-order valence-electron chi connectivity index (χ3n) is 7.79. The summed E-state index contributed by atoms with van der Waals surface area (Å²) >= 11 is 10.0. The van der Waals surface area contributed by atoms with E-state index in [1.807, 2.05) is 0 Å². The molecule has 0 radical (unpaired) electrons. The molecule has 35 heavy (non-hydrogen) atoms. The van der Waals surface area contributed by atoms with E-state index in [1.165, 1.54) is 199 Å². The van der Waals surface area contributed by atoms with Crippen molar-refractivity contribution in [3.8, 4) is 0 Å². The van der Waals surface area contributed by atoms with E-state index in [-0.39, 0.29) is 0 Å². The van der Waals surface area contributed by atoms with Gasteiger partial charge in [-0.05, 0) is 18.6 Å². The normalized spacial score (nSPS) is 11.5. The first-order valence-electron chi connectivity index (χ1n) is 16.6. The molecule has 0 amide bonds. The number of unbranched alkanes of at least 4 members (excludes halogenated alkanes) is 30. The summed E-state index contributed by atoms with van der Waals surface area (Å²) in [7, 11) is 0. The molecule has 0 rings (SSSR count). The largest absolute Gasteiger partial charge is 0.179 e. The van der Waals surface area contributed by atoms with E-state index < -0.39 is 0 Å². The fraction of sp³-hybridized carbons (Fsp3) is 1.00. The number of alkyl halides is 1. The molecular formula is C33H67ClS. The lowest BCUT2D eigenvalue weighted by molar-refractivity contribution is 0.513. The molecule has 0 bridgehead atoms. The summed E-state index contributed by atoms with van der Waals surface area (Å²) in [6.07, 6.45) is 44.9. The molecule has 0 aromatic carbocycles. The van der Waals surface area contributed by atoms with Crippen LogP contribution < -0.4 is 0 Å². The highest BCUT2D eigenvalue weighted by molar-refractivity contribution is 7.80. The average Bonchev–Trinajstić information content (AvgIpc) is 2.87. The predicted octanol–water partition coefficient (Wildman–Crippen LogP) is 13.2. The zero-order valence-electron chi connectivity index (χ0n) is 24.2. The Kier molecular flexibility index (Phi) is 35.3. The van der Waals surface area contributed by atoms with E-state index >= 15 is 0 Å². The minimum atomic E-state index is 0.846. The third kappa shape index (κ3) is 34.6. The predicted molar refractivity (Wildman–Crippen MR) is 168 cm³/mol. The lowest BCUT2D eigenvalue weighted by atomic mass is 10.0. The zero-order chi connectivity index (χ0) is 25.3. The van der Waals surface area contributed by atoms with Crippen LogP contribution in [0.5, 0.6) is 0 Å². The fourth-order valence-corrected chi connectivity index (χ4v) is 5.75. The van der Waals surface area contributed by atoms with Gasteiger partial charge in [0.2, 0.25) is 0 Å². The van der Waals surface area contributed by atoms with Gasteiger partial charge in [-0.25, -0.2) is 0 Å². The summed E-state index contributed by atoms with van der Waals surface area (Å²) in [4.78, 5) is 0. The Labute approximate surface area is 234 Å². The Morgan fingerprint density at radius 2 is 0.371 bits per heavy atom. The third-order valence-corrected chi connectivity index (χ3v) is 8.38. The molecule has 0 aliphatic carbocycles. The van der Waals surface area contributed by atoms with Crippen LogP contribution in [0, 0.1) is 0 Å². The van der Waals surface area contributed by atoms with E-state index in [1.54, 1.807) is 0 Å². The Morgan fingerprint density at radius 3 is 0.514 bits per heavy atom. The van der Waals surface area contributed by atoms with Crippen molar-refractivity contribution in [3.63, 3.8) is 0 Å². The maximum atomic E-state index is 5.72. The second-order valence-corrected chi connectivity index (χ2v) is 12.2. The van der Waals surface area contributed by atoms with Crippen molar-refractivity contribution in [2.24, 2.45) is 0 Å². The molecule has 0 aliphatic heterocycles. The van der Waals surface area contributed by atoms with Gasteiger partial charge in [0, 0.05) is 5.88 Å². The SMILES string of the molecule is SCCCCCCCCCCCCCCCCCCCCCCCCCCCCCCCCCCl. The van der Waals surface area contributed by atoms with Gasteiger partial charge in [0.05, 0.1) is 0 Å². The quantitative estimate of drug-likeness (QED) is 0.0498. The first-order chi connectivity index (χ1) is 17.4. The number of thiol groups is 1. The summed E-state index contributed by atoms with van der Waals surface area (Å²) in [5.74, 6) is 1.91. The van der Waals surface area contributed by atoms with Crippen molar-refractivity contribution in [1.82, 2.24) is 0 Å². The smallest absolute Gasteiger partial charge is 0.0223 e. The topological polar surface area (TPSA) is 0 Å². The van der Waals surface area contributed by atoms with Crippen LogP contribution in [0.15, 0.2) is 0 Å². The molecule has 0 atom stereocenters. The number of hydrogen-bond donors (Lipinski definition) is 1. The summed E-state index contributed by atoms with van der Waals surface area (Å²) in [6.45, 7) is 0. The average molecular weight is 531 g/mol. The lowest BCUT2D eigenvalue weighted by Crippen LogP contribution is -1.85. The van der Waals surface area contributed by atoms with E-state index in [9.17, 15) is 0 Å². The molecule has 0 aliphatic rings. The minimum absolute atomic E-state index is 0.846. The molecule has 212 valence electrons. The number of rotatable bonds is 32. The first kappa shape index (κ1) is 35.6. The van der Waals surface area contributed by atoms with Gasteiger partial charge in [0.25, 0.3) is 0 Å². The summed E-state index contributed by atoms with van der Waals surface area (Å²) in [6, 6.07) is 0. The highest BCUT2D eigenvalue weighted by atomic mass is 35.5. The Hall–Kier alpha value is 0.640. The van der Waals surface area contributed by atoms with E-state index in [0.29, 0.717) is 0 Å². The van der Waals surface area contributed by atoms with Crippen molar-refractivity contribution >= 4 is 24.2 Å². The molecular weight excluding hydrogens is 464 g/mol. The lowest BCUT2D eigenvalue weighted by Gasteiger charge is -2.04. The maximum Gasteiger partial charge on any atom is 0.0223 e. The monoisotopic (exact) mass is 530 g/mol. The van der Waals surface area contributed by atoms with E-state index in [0.717, 1.165) is 11.6 Å². The molecule has 0 spiro atoms. The van der Waals surface area contributed by atoms with Crippen molar-refractivity contribution in [2.45, 2.75) is 199 Å². The number of halogens is 1. The van der Waals surface area contributed by atoms with Crippen LogP contribution in [0.3, 0.4) is 0 Å². The Morgan fingerprint density at radius 1 is 0.229 bits per heavy atom. The molecule has 0 heterocycles. The Balaban J connectivity index is 3.00. The summed E-state index contributed by atoms with van der Waals surface area (Å²) < 4.78 is 0. The van der Waals surface area contributed by atoms with Crippen molar-refractivity contribution in [1.29, 1.82) is 0 Å². The molecule has 0 fully saturated rings. The fourth-order valence-electron chi connectivity index (χ4n) is 5.33. The van der Waals surface area contributed by atoms with Gasteiger partial charge < -0.3 is 0 Å². The van der Waals surface area contributed by atoms with E-state index in [2.05, 4.69) is 12.6 Å². The van der Waals surface area contributed by atoms with Crippen molar-refractivity contribution < 1.29 is 0 Å². The van der Waals surface area contributed by atoms with Crippen molar-refractivity contribution in [3.05, 3.63) is 0 Å². The van der Waals surface area contributed by atoms with Gasteiger partial charge in [-0.3, -0.25) is 0 Å². The van der Waals surface area contributed by atoms with Crippen LogP contribution in [0.1, 0.15) is 199 Å². The standard InChI is InChI=1S/C33H67ClS/c34-32-30-28-26-24-22-20-18-16-14-12-10-8-6-4-2-1-3-5-7-9-11-13-15-17-19-21-23-25-27-29-31-33-35/h35H,1-33H2. The van der Waals surface area contributed by atoms with Crippen LogP contribution in [-0.2, 0) is 0 Å². The first-order valence-corrected chi connectivity index (χ1v) is 17.8. The van der Waals surface area contributed by atoms with Crippen LogP contribution in [-0.4, -0.2) is 11.6 Å². The van der Waals surface area contributed by atoms with E-state index in [4.69, 9.17) is 11.6 Å². The second kappa shape index (κ2) is 34.6. The van der Waals surface area contributed by atoms with Crippen molar-refractivity contribution in [2.75, 3.05) is 11.6 Å². The van der Waals surface area contributed by atoms with Crippen LogP contribution >= 0.6 is 24.2 Å². The highest BCUT2D eigenvalue weighted by Crippen LogP contribution is 2.16. The Bertz CT molecular complexity index is 314. The number of hydrogen-bond acceptors (Lipinski definition) is 1. The van der Waals surface area contributed by atoms with Gasteiger partial charge in [-0.15, -0.1) is 11.6 Å². The maximum absolute atomic E-state index is 5.72. The van der Waals surface area contributed by atoms with Crippen LogP contribution in [0.2, 0.25) is 0 Å². The molecule has 0 N–H and O–H groups in total. The highest BCUT2D eigenvalue weighted by Gasteiger charge is 1.97. The van der Waals surface area contributed by atoms with Crippen LogP contribution in [0.25, 0.3) is 0 Å². The molecule has 2 heteroatoms. The molecule has 0 aromatic rings. The molecule has 0 saturated carbocycles. The molecule has 0 nitrogen and oxygen atoms in total. The molecule has 0 saturated heterocycles. The molecule has 0 unspecified atom stereocenters. The van der Waals surface area contributed by atoms with Gasteiger partial charge >= 0.3 is 0 Å². The molecule has 0 aromatic heterocycles. The summed E-state index contributed by atoms with van der Waals surface area (Å²) in [5.41, 5.74) is 0. The van der Waals surface area contributed by atoms with Gasteiger partial charge in [-0.1, -0.05) is 186 Å². The second-order valence-electron chi connectivity index (χ2n) is 11.4. The van der Waals surface area contributed by atoms with Crippen LogP contribution in [0.4, 0.5) is 0 Å². The zero-order valence-corrected chi connectivity index (χ0v) is 25.8. The summed E-state index contributed by atoms with van der Waals surface area (Å²) in [5, 5.41) is 0. The van der Waals surface area contributed by atoms with Gasteiger partial charge in [-0.2, -0.15) is 12.6 Å². The van der Waals surface area contributed by atoms with Gasteiger partial charge in [0.1, 0.15) is 0 Å². The van der Waals surface area contributed by atoms with Gasteiger partial charge in [0.15, 0.2) is 0 Å².